The smallest absolute Gasteiger partial charge is 0.0581 e. The molecule has 1 unspecified atom stereocenters. The van der Waals surface area contributed by atoms with E-state index in [2.05, 4.69) is 35.8 Å². The van der Waals surface area contributed by atoms with E-state index in [0.29, 0.717) is 6.04 Å². The minimum atomic E-state index is 0.629. The van der Waals surface area contributed by atoms with Gasteiger partial charge in [0.15, 0.2) is 0 Å². The van der Waals surface area contributed by atoms with Gasteiger partial charge in [-0.3, -0.25) is 0 Å². The number of rotatable bonds is 1. The van der Waals surface area contributed by atoms with Crippen molar-refractivity contribution in [2.45, 2.75) is 45.1 Å². The molecule has 3 rings (SSSR count). The van der Waals surface area contributed by atoms with Gasteiger partial charge >= 0.3 is 0 Å². The van der Waals surface area contributed by atoms with Crippen molar-refractivity contribution in [2.75, 3.05) is 17.2 Å². The summed E-state index contributed by atoms with van der Waals surface area (Å²) in [5.41, 5.74) is 3.90. The highest BCUT2D eigenvalue weighted by Crippen LogP contribution is 2.33. The first-order valence-electron chi connectivity index (χ1n) is 6.94. The summed E-state index contributed by atoms with van der Waals surface area (Å²) in [7, 11) is 0. The highest BCUT2D eigenvalue weighted by molar-refractivity contribution is 5.72. The number of hydrogen-bond donors (Lipinski definition) is 2. The molecule has 2 heteroatoms. The maximum Gasteiger partial charge on any atom is 0.0581 e. The Hall–Kier alpha value is -1.18. The molecule has 2 nitrogen and oxygen atoms in total. The average molecular weight is 230 g/mol. The monoisotopic (exact) mass is 230 g/mol. The van der Waals surface area contributed by atoms with Crippen molar-refractivity contribution in [1.82, 2.24) is 0 Å². The molecule has 1 atom stereocenters. The summed E-state index contributed by atoms with van der Waals surface area (Å²) in [4.78, 5) is 0. The summed E-state index contributed by atoms with van der Waals surface area (Å²) in [6.07, 6.45) is 7.08. The van der Waals surface area contributed by atoms with Gasteiger partial charge in [0.2, 0.25) is 0 Å². The molecular formula is C15H22N2. The molecule has 0 amide bonds. The summed E-state index contributed by atoms with van der Waals surface area (Å²) in [6.45, 7) is 3.24. The number of fused-ring (bicyclic) bond motifs is 1. The Kier molecular flexibility index (Phi) is 2.96. The van der Waals surface area contributed by atoms with Crippen LogP contribution in [0.4, 0.5) is 11.4 Å². The molecule has 1 heterocycles. The van der Waals surface area contributed by atoms with Gasteiger partial charge in [0.05, 0.1) is 11.4 Å². The zero-order chi connectivity index (χ0) is 11.7. The molecule has 1 aromatic carbocycles. The molecule has 1 aliphatic carbocycles. The lowest BCUT2D eigenvalue weighted by atomic mass is 9.83. The van der Waals surface area contributed by atoms with Crippen LogP contribution in [-0.2, 0) is 0 Å². The highest BCUT2D eigenvalue weighted by Gasteiger charge is 2.26. The van der Waals surface area contributed by atoms with Crippen LogP contribution in [0, 0.1) is 12.8 Å². The molecule has 2 N–H and O–H groups in total. The van der Waals surface area contributed by atoms with Crippen LogP contribution in [0.25, 0.3) is 0 Å². The van der Waals surface area contributed by atoms with Crippen LogP contribution >= 0.6 is 0 Å². The lowest BCUT2D eigenvalue weighted by molar-refractivity contribution is 0.322. The van der Waals surface area contributed by atoms with E-state index in [1.807, 2.05) is 0 Å². The Morgan fingerprint density at radius 2 is 1.88 bits per heavy atom. The number of aryl methyl sites for hydroxylation is 1. The highest BCUT2D eigenvalue weighted by atomic mass is 15.1. The molecule has 0 bridgehead atoms. The van der Waals surface area contributed by atoms with Gasteiger partial charge in [0.1, 0.15) is 0 Å². The van der Waals surface area contributed by atoms with Crippen LogP contribution in [-0.4, -0.2) is 12.6 Å². The summed E-state index contributed by atoms with van der Waals surface area (Å²) in [5, 5.41) is 7.32. The van der Waals surface area contributed by atoms with Crippen LogP contribution in [0.5, 0.6) is 0 Å². The zero-order valence-electron chi connectivity index (χ0n) is 10.6. The third kappa shape index (κ3) is 2.26. The van der Waals surface area contributed by atoms with Crippen molar-refractivity contribution in [2.24, 2.45) is 5.92 Å². The summed E-state index contributed by atoms with van der Waals surface area (Å²) in [6, 6.07) is 7.25. The SMILES string of the molecule is Cc1ccc2c(c1)NC(C1CCCCC1)CN2. The first kappa shape index (κ1) is 10.9. The van der Waals surface area contributed by atoms with E-state index in [0.717, 1.165) is 12.5 Å². The first-order valence-corrected chi connectivity index (χ1v) is 6.94. The predicted octanol–water partition coefficient (Wildman–Crippen LogP) is 3.78. The second kappa shape index (κ2) is 4.59. The lowest BCUT2D eigenvalue weighted by Crippen LogP contribution is -2.40. The molecule has 0 spiro atoms. The Bertz CT molecular complexity index is 394. The van der Waals surface area contributed by atoms with Crippen LogP contribution in [0.2, 0.25) is 0 Å². The molecule has 1 fully saturated rings. The Morgan fingerprint density at radius 1 is 1.06 bits per heavy atom. The second-order valence-electron chi connectivity index (χ2n) is 5.58. The van der Waals surface area contributed by atoms with Crippen molar-refractivity contribution < 1.29 is 0 Å². The molecule has 0 radical (unpaired) electrons. The average Bonchev–Trinajstić information content (AvgIpc) is 2.39. The number of anilines is 2. The van der Waals surface area contributed by atoms with Crippen LogP contribution in [0.15, 0.2) is 18.2 Å². The van der Waals surface area contributed by atoms with Gasteiger partial charge in [0.25, 0.3) is 0 Å². The van der Waals surface area contributed by atoms with E-state index < -0.39 is 0 Å². The summed E-state index contributed by atoms with van der Waals surface area (Å²) < 4.78 is 0. The normalized spacial score (nSPS) is 24.6. The Labute approximate surface area is 104 Å². The Morgan fingerprint density at radius 3 is 2.71 bits per heavy atom. The van der Waals surface area contributed by atoms with Gasteiger partial charge in [-0.2, -0.15) is 0 Å². The van der Waals surface area contributed by atoms with Crippen molar-refractivity contribution >= 4 is 11.4 Å². The number of hydrogen-bond acceptors (Lipinski definition) is 2. The van der Waals surface area contributed by atoms with Gasteiger partial charge in [-0.25, -0.2) is 0 Å². The maximum atomic E-state index is 3.74. The molecular weight excluding hydrogens is 208 g/mol. The fraction of sp³-hybridized carbons (Fsp3) is 0.600. The summed E-state index contributed by atoms with van der Waals surface area (Å²) >= 11 is 0. The van der Waals surface area contributed by atoms with Gasteiger partial charge in [-0.15, -0.1) is 0 Å². The van der Waals surface area contributed by atoms with Crippen LogP contribution < -0.4 is 10.6 Å². The van der Waals surface area contributed by atoms with E-state index in [-0.39, 0.29) is 0 Å². The topological polar surface area (TPSA) is 24.1 Å². The molecule has 92 valence electrons. The molecule has 17 heavy (non-hydrogen) atoms. The number of benzene rings is 1. The Balaban J connectivity index is 1.75. The second-order valence-corrected chi connectivity index (χ2v) is 5.58. The summed E-state index contributed by atoms with van der Waals surface area (Å²) in [5.74, 6) is 0.866. The van der Waals surface area contributed by atoms with Crippen molar-refractivity contribution in [3.8, 4) is 0 Å². The van der Waals surface area contributed by atoms with Gasteiger partial charge in [-0.1, -0.05) is 25.3 Å². The third-order valence-electron chi connectivity index (χ3n) is 4.25. The zero-order valence-corrected chi connectivity index (χ0v) is 10.6. The first-order chi connectivity index (χ1) is 8.33. The third-order valence-corrected chi connectivity index (χ3v) is 4.25. The quantitative estimate of drug-likeness (QED) is 0.767. The maximum absolute atomic E-state index is 3.74. The van der Waals surface area contributed by atoms with Gasteiger partial charge < -0.3 is 10.6 Å². The van der Waals surface area contributed by atoms with E-state index in [9.17, 15) is 0 Å². The fourth-order valence-corrected chi connectivity index (χ4v) is 3.22. The van der Waals surface area contributed by atoms with Gasteiger partial charge in [0, 0.05) is 12.6 Å². The van der Waals surface area contributed by atoms with E-state index >= 15 is 0 Å². The minimum Gasteiger partial charge on any atom is -0.381 e. The molecule has 0 saturated heterocycles. The van der Waals surface area contributed by atoms with Crippen molar-refractivity contribution in [3.05, 3.63) is 23.8 Å². The van der Waals surface area contributed by atoms with Crippen LogP contribution in [0.1, 0.15) is 37.7 Å². The van der Waals surface area contributed by atoms with E-state index in [1.165, 1.54) is 49.0 Å². The van der Waals surface area contributed by atoms with Gasteiger partial charge in [-0.05, 0) is 43.4 Å². The molecule has 1 aliphatic heterocycles. The largest absolute Gasteiger partial charge is 0.381 e. The van der Waals surface area contributed by atoms with Crippen molar-refractivity contribution in [1.29, 1.82) is 0 Å². The fourth-order valence-electron chi connectivity index (χ4n) is 3.22. The minimum absolute atomic E-state index is 0.629. The lowest BCUT2D eigenvalue weighted by Gasteiger charge is -2.36. The van der Waals surface area contributed by atoms with E-state index in [1.54, 1.807) is 0 Å². The predicted molar refractivity (Wildman–Crippen MR) is 73.7 cm³/mol. The van der Waals surface area contributed by atoms with Crippen molar-refractivity contribution in [3.63, 3.8) is 0 Å². The molecule has 1 aromatic rings. The van der Waals surface area contributed by atoms with Crippen LogP contribution in [0.3, 0.4) is 0 Å². The standard InChI is InChI=1S/C15H22N2/c1-11-7-8-13-14(9-11)17-15(10-16-13)12-5-3-2-4-6-12/h7-9,12,15-17H,2-6,10H2,1H3. The molecule has 2 aliphatic rings. The van der Waals surface area contributed by atoms with E-state index in [4.69, 9.17) is 0 Å². The number of nitrogens with one attached hydrogen (secondary N) is 2. The molecule has 1 saturated carbocycles. The molecule has 0 aromatic heterocycles.